The number of rotatable bonds is 5. The van der Waals surface area contributed by atoms with Gasteiger partial charge in [-0.1, -0.05) is 0 Å². The highest BCUT2D eigenvalue weighted by molar-refractivity contribution is 5.16. The lowest BCUT2D eigenvalue weighted by Gasteiger charge is -2.15. The maximum absolute atomic E-state index is 5.16. The van der Waals surface area contributed by atoms with Crippen LogP contribution in [0.4, 0.5) is 0 Å². The Bertz CT molecular complexity index is 487. The smallest absolute Gasteiger partial charge is 0.178 e. The minimum atomic E-state index is 0.410. The molecule has 98 valence electrons. The van der Waals surface area contributed by atoms with Crippen LogP contribution in [-0.4, -0.2) is 33.8 Å². The Labute approximate surface area is 106 Å². The van der Waals surface area contributed by atoms with Gasteiger partial charge in [-0.25, -0.2) is 4.68 Å². The van der Waals surface area contributed by atoms with Gasteiger partial charge in [0.25, 0.3) is 0 Å². The molecule has 6 nitrogen and oxygen atoms in total. The lowest BCUT2D eigenvalue weighted by molar-refractivity contribution is 0.163. The van der Waals surface area contributed by atoms with Crippen molar-refractivity contribution in [3.8, 4) is 0 Å². The standard InChI is InChI=1S/C12H18N4O2/c1-9-5-6-10(2)15(9)16-11(7-17-3)13-14-12(16)8-18-4/h5-6H,7-8H2,1-4H3. The van der Waals surface area contributed by atoms with Crippen molar-refractivity contribution in [2.24, 2.45) is 0 Å². The van der Waals surface area contributed by atoms with Gasteiger partial charge in [-0.05, 0) is 26.0 Å². The van der Waals surface area contributed by atoms with Crippen LogP contribution in [0.15, 0.2) is 12.1 Å². The Morgan fingerprint density at radius 1 is 0.889 bits per heavy atom. The molecule has 2 heterocycles. The summed E-state index contributed by atoms with van der Waals surface area (Å²) in [5, 5.41) is 8.30. The fraction of sp³-hybridized carbons (Fsp3) is 0.500. The van der Waals surface area contributed by atoms with Crippen molar-refractivity contribution >= 4 is 0 Å². The van der Waals surface area contributed by atoms with E-state index < -0.39 is 0 Å². The molecule has 0 N–H and O–H groups in total. The maximum Gasteiger partial charge on any atom is 0.178 e. The normalized spacial score (nSPS) is 11.1. The van der Waals surface area contributed by atoms with Crippen molar-refractivity contribution in [3.05, 3.63) is 35.2 Å². The highest BCUT2D eigenvalue weighted by atomic mass is 16.5. The SMILES string of the molecule is COCc1nnc(COC)n1-n1c(C)ccc1C. The number of ether oxygens (including phenoxy) is 2. The Morgan fingerprint density at radius 2 is 1.33 bits per heavy atom. The zero-order valence-corrected chi connectivity index (χ0v) is 11.2. The molecule has 0 amide bonds. The van der Waals surface area contributed by atoms with Crippen LogP contribution in [-0.2, 0) is 22.7 Å². The number of hydrogen-bond donors (Lipinski definition) is 0. The van der Waals surface area contributed by atoms with E-state index in [9.17, 15) is 0 Å². The first-order valence-corrected chi connectivity index (χ1v) is 5.75. The Hall–Kier alpha value is -1.66. The molecule has 6 heteroatoms. The first-order chi connectivity index (χ1) is 8.69. The zero-order valence-electron chi connectivity index (χ0n) is 11.2. The summed E-state index contributed by atoms with van der Waals surface area (Å²) in [4.78, 5) is 0. The van der Waals surface area contributed by atoms with Crippen LogP contribution >= 0.6 is 0 Å². The summed E-state index contributed by atoms with van der Waals surface area (Å²) in [7, 11) is 3.29. The first-order valence-electron chi connectivity index (χ1n) is 5.75. The molecule has 0 radical (unpaired) electrons. The van der Waals surface area contributed by atoms with Crippen LogP contribution in [0.1, 0.15) is 23.0 Å². The molecule has 0 aliphatic carbocycles. The van der Waals surface area contributed by atoms with Crippen molar-refractivity contribution in [3.63, 3.8) is 0 Å². The fourth-order valence-electron chi connectivity index (χ4n) is 1.99. The van der Waals surface area contributed by atoms with Gasteiger partial charge in [-0.15, -0.1) is 10.2 Å². The molecule has 0 aromatic carbocycles. The van der Waals surface area contributed by atoms with Gasteiger partial charge in [-0.2, -0.15) is 0 Å². The summed E-state index contributed by atoms with van der Waals surface area (Å²) in [6.45, 7) is 4.90. The van der Waals surface area contributed by atoms with E-state index in [0.29, 0.717) is 13.2 Å². The predicted molar refractivity (Wildman–Crippen MR) is 66.2 cm³/mol. The average Bonchev–Trinajstić information content (AvgIpc) is 2.86. The molecule has 0 aliphatic heterocycles. The van der Waals surface area contributed by atoms with E-state index in [1.165, 1.54) is 0 Å². The minimum Gasteiger partial charge on any atom is -0.377 e. The van der Waals surface area contributed by atoms with Gasteiger partial charge >= 0.3 is 0 Å². The third kappa shape index (κ3) is 2.16. The lowest BCUT2D eigenvalue weighted by Crippen LogP contribution is -2.19. The summed E-state index contributed by atoms with van der Waals surface area (Å²) in [5.74, 6) is 1.51. The van der Waals surface area contributed by atoms with Crippen molar-refractivity contribution in [2.75, 3.05) is 14.2 Å². The second-order valence-corrected chi connectivity index (χ2v) is 4.14. The lowest BCUT2D eigenvalue weighted by atomic mass is 10.5. The van der Waals surface area contributed by atoms with Gasteiger partial charge in [0.1, 0.15) is 13.2 Å². The highest BCUT2D eigenvalue weighted by Crippen LogP contribution is 2.13. The largest absolute Gasteiger partial charge is 0.377 e. The van der Waals surface area contributed by atoms with E-state index >= 15 is 0 Å². The van der Waals surface area contributed by atoms with Crippen LogP contribution in [0.25, 0.3) is 0 Å². The van der Waals surface area contributed by atoms with Gasteiger partial charge in [-0.3, -0.25) is 4.68 Å². The molecular weight excluding hydrogens is 232 g/mol. The monoisotopic (exact) mass is 250 g/mol. The number of hydrogen-bond acceptors (Lipinski definition) is 4. The molecule has 0 unspecified atom stereocenters. The summed E-state index contributed by atoms with van der Waals surface area (Å²) >= 11 is 0. The highest BCUT2D eigenvalue weighted by Gasteiger charge is 2.15. The van der Waals surface area contributed by atoms with Crippen molar-refractivity contribution in [1.29, 1.82) is 0 Å². The van der Waals surface area contributed by atoms with Crippen LogP contribution in [0.5, 0.6) is 0 Å². The maximum atomic E-state index is 5.16. The predicted octanol–water partition coefficient (Wildman–Crippen LogP) is 1.30. The molecule has 0 saturated carbocycles. The number of aromatic nitrogens is 4. The van der Waals surface area contributed by atoms with Gasteiger partial charge < -0.3 is 9.47 Å². The minimum absolute atomic E-state index is 0.410. The quantitative estimate of drug-likeness (QED) is 0.802. The molecular formula is C12H18N4O2. The zero-order chi connectivity index (χ0) is 13.1. The van der Waals surface area contributed by atoms with Gasteiger partial charge in [0.2, 0.25) is 0 Å². The summed E-state index contributed by atoms with van der Waals surface area (Å²) < 4.78 is 14.3. The van der Waals surface area contributed by atoms with Crippen LogP contribution < -0.4 is 0 Å². The molecule has 0 fully saturated rings. The Balaban J connectivity index is 2.55. The number of aryl methyl sites for hydroxylation is 2. The summed E-state index contributed by atoms with van der Waals surface area (Å²) in [6, 6.07) is 4.12. The average molecular weight is 250 g/mol. The van der Waals surface area contributed by atoms with Crippen LogP contribution in [0, 0.1) is 13.8 Å². The second kappa shape index (κ2) is 5.32. The second-order valence-electron chi connectivity index (χ2n) is 4.14. The Morgan fingerprint density at radius 3 is 1.72 bits per heavy atom. The third-order valence-corrected chi connectivity index (χ3v) is 2.75. The number of nitrogens with zero attached hydrogens (tertiary/aromatic N) is 4. The van der Waals surface area contributed by atoms with Crippen molar-refractivity contribution in [1.82, 2.24) is 19.5 Å². The van der Waals surface area contributed by atoms with Gasteiger partial charge in [0.05, 0.1) is 0 Å². The molecule has 2 aromatic rings. The molecule has 0 bridgehead atoms. The van der Waals surface area contributed by atoms with Crippen LogP contribution in [0.3, 0.4) is 0 Å². The van der Waals surface area contributed by atoms with Crippen molar-refractivity contribution in [2.45, 2.75) is 27.1 Å². The molecule has 2 aromatic heterocycles. The molecule has 2 rings (SSSR count). The topological polar surface area (TPSA) is 54.1 Å². The van der Waals surface area contributed by atoms with E-state index in [1.807, 2.05) is 18.5 Å². The van der Waals surface area contributed by atoms with E-state index in [4.69, 9.17) is 9.47 Å². The fourth-order valence-corrected chi connectivity index (χ4v) is 1.99. The molecule has 0 spiro atoms. The van der Waals surface area contributed by atoms with Crippen molar-refractivity contribution < 1.29 is 9.47 Å². The number of methoxy groups -OCH3 is 2. The van der Waals surface area contributed by atoms with E-state index in [2.05, 4.69) is 27.0 Å². The van der Waals surface area contributed by atoms with Crippen LogP contribution in [0.2, 0.25) is 0 Å². The Kier molecular flexibility index (Phi) is 3.78. The summed E-state index contributed by atoms with van der Waals surface area (Å²) in [5.41, 5.74) is 2.23. The van der Waals surface area contributed by atoms with E-state index in [1.54, 1.807) is 14.2 Å². The van der Waals surface area contributed by atoms with E-state index in [-0.39, 0.29) is 0 Å². The molecule has 18 heavy (non-hydrogen) atoms. The third-order valence-electron chi connectivity index (χ3n) is 2.75. The molecule has 0 aliphatic rings. The van der Waals surface area contributed by atoms with Gasteiger partial charge in [0, 0.05) is 25.6 Å². The first kappa shape index (κ1) is 12.8. The summed E-state index contributed by atoms with van der Waals surface area (Å²) in [6.07, 6.45) is 0. The molecule has 0 atom stereocenters. The molecule has 0 saturated heterocycles. The van der Waals surface area contributed by atoms with E-state index in [0.717, 1.165) is 23.0 Å². The van der Waals surface area contributed by atoms with Gasteiger partial charge in [0.15, 0.2) is 11.6 Å².